The fourth-order valence-electron chi connectivity index (χ4n) is 1.81. The predicted octanol–water partition coefficient (Wildman–Crippen LogP) is 1.86. The number of sulfonamides is 1. The van der Waals surface area contributed by atoms with Gasteiger partial charge in [0.15, 0.2) is 0 Å². The minimum Gasteiger partial charge on any atom is -0.380 e. The Morgan fingerprint density at radius 2 is 2.12 bits per heavy atom. The third-order valence-electron chi connectivity index (χ3n) is 2.91. The smallest absolute Gasteiger partial charge is 0.244 e. The summed E-state index contributed by atoms with van der Waals surface area (Å²) in [6, 6.07) is 6.78. The largest absolute Gasteiger partial charge is 0.380 e. The molecule has 1 fully saturated rings. The molecule has 1 aromatic rings. The maximum atomic E-state index is 12.4. The molecule has 0 saturated carbocycles. The van der Waals surface area contributed by atoms with Crippen molar-refractivity contribution in [2.45, 2.75) is 17.4 Å². The highest BCUT2D eigenvalue weighted by atomic mass is 79.9. The minimum atomic E-state index is -3.45. The Morgan fingerprint density at radius 1 is 1.41 bits per heavy atom. The summed E-state index contributed by atoms with van der Waals surface area (Å²) in [5.74, 6) is 0. The second kappa shape index (κ2) is 5.06. The molecular weight excluding hydrogens is 306 g/mol. The number of nitrogens with zero attached hydrogens (tertiary/aromatic N) is 1. The molecule has 1 atom stereocenters. The Balaban J connectivity index is 2.33. The number of ether oxygens (including phenoxy) is 1. The summed E-state index contributed by atoms with van der Waals surface area (Å²) in [4.78, 5) is 0.300. The third kappa shape index (κ3) is 2.54. The van der Waals surface area contributed by atoms with Gasteiger partial charge in [-0.15, -0.1) is 0 Å². The first kappa shape index (κ1) is 13.0. The summed E-state index contributed by atoms with van der Waals surface area (Å²) < 4.78 is 32.0. The summed E-state index contributed by atoms with van der Waals surface area (Å²) in [5, 5.41) is 0. The van der Waals surface area contributed by atoms with Crippen LogP contribution in [0.25, 0.3) is 0 Å². The van der Waals surface area contributed by atoms with Crippen molar-refractivity contribution in [1.29, 1.82) is 0 Å². The van der Waals surface area contributed by atoms with Crippen LogP contribution in [0.5, 0.6) is 0 Å². The maximum Gasteiger partial charge on any atom is 0.244 e. The van der Waals surface area contributed by atoms with Crippen molar-refractivity contribution in [3.63, 3.8) is 0 Å². The Labute approximate surface area is 110 Å². The Hall–Kier alpha value is -0.430. The van der Waals surface area contributed by atoms with Crippen LogP contribution >= 0.6 is 15.9 Å². The summed E-state index contributed by atoms with van der Waals surface area (Å²) >= 11 is 3.27. The van der Waals surface area contributed by atoms with Crippen molar-refractivity contribution in [3.8, 4) is 0 Å². The maximum absolute atomic E-state index is 12.4. The molecular formula is C11H14BrNO3S. The lowest BCUT2D eigenvalue weighted by Crippen LogP contribution is -2.37. The zero-order valence-corrected chi connectivity index (χ0v) is 11.9. The Bertz CT molecular complexity index is 497. The quantitative estimate of drug-likeness (QED) is 0.854. The van der Waals surface area contributed by atoms with Crippen LogP contribution in [-0.2, 0) is 14.8 Å². The van der Waals surface area contributed by atoms with Gasteiger partial charge in [0.05, 0.1) is 17.5 Å². The first-order valence-electron chi connectivity index (χ1n) is 5.34. The first-order valence-corrected chi connectivity index (χ1v) is 7.57. The molecule has 1 heterocycles. The molecule has 0 aromatic heterocycles. The fraction of sp³-hybridized carbons (Fsp3) is 0.455. The second-order valence-corrected chi connectivity index (χ2v) is 6.79. The molecule has 0 amide bonds. The Morgan fingerprint density at radius 3 is 2.71 bits per heavy atom. The van der Waals surface area contributed by atoms with Gasteiger partial charge in [0.25, 0.3) is 0 Å². The van der Waals surface area contributed by atoms with Gasteiger partial charge < -0.3 is 4.74 Å². The van der Waals surface area contributed by atoms with Crippen molar-refractivity contribution in [1.82, 2.24) is 4.31 Å². The zero-order chi connectivity index (χ0) is 12.5. The molecule has 0 radical (unpaired) electrons. The number of hydrogen-bond donors (Lipinski definition) is 0. The first-order chi connectivity index (χ1) is 8.03. The van der Waals surface area contributed by atoms with E-state index >= 15 is 0 Å². The van der Waals surface area contributed by atoms with Crippen LogP contribution in [0.4, 0.5) is 0 Å². The van der Waals surface area contributed by atoms with Crippen LogP contribution in [0.15, 0.2) is 33.6 Å². The minimum absolute atomic E-state index is 0.0629. The van der Waals surface area contributed by atoms with E-state index in [0.717, 1.165) is 6.42 Å². The molecule has 4 nitrogen and oxygen atoms in total. The number of rotatable bonds is 3. The van der Waals surface area contributed by atoms with Gasteiger partial charge in [0.1, 0.15) is 0 Å². The lowest BCUT2D eigenvalue weighted by Gasteiger charge is -2.23. The molecule has 1 aliphatic rings. The zero-order valence-electron chi connectivity index (χ0n) is 9.47. The topological polar surface area (TPSA) is 46.6 Å². The molecule has 2 rings (SSSR count). The van der Waals surface area contributed by atoms with Gasteiger partial charge in [-0.3, -0.25) is 0 Å². The molecule has 1 aliphatic heterocycles. The summed E-state index contributed by atoms with van der Waals surface area (Å²) in [6.45, 7) is 1.10. The molecule has 0 spiro atoms. The number of benzene rings is 1. The molecule has 0 bridgehead atoms. The van der Waals surface area contributed by atoms with E-state index in [4.69, 9.17) is 4.74 Å². The standard InChI is InChI=1S/C11H14BrNO3S/c1-13(9-6-7-16-8-9)17(14,15)11-5-3-2-4-10(11)12/h2-5,9H,6-8H2,1H3. The van der Waals surface area contributed by atoms with E-state index in [0.29, 0.717) is 22.6 Å². The third-order valence-corrected chi connectivity index (χ3v) is 5.84. The molecule has 94 valence electrons. The van der Waals surface area contributed by atoms with Crippen molar-refractivity contribution >= 4 is 26.0 Å². The van der Waals surface area contributed by atoms with Crippen molar-refractivity contribution in [3.05, 3.63) is 28.7 Å². The van der Waals surface area contributed by atoms with Gasteiger partial charge in [-0.1, -0.05) is 12.1 Å². The Kier molecular flexibility index (Phi) is 3.87. The van der Waals surface area contributed by atoms with Crippen molar-refractivity contribution < 1.29 is 13.2 Å². The summed E-state index contributed by atoms with van der Waals surface area (Å²) in [6.07, 6.45) is 0.750. The average Bonchev–Trinajstić information content (AvgIpc) is 2.81. The van der Waals surface area contributed by atoms with Crippen LogP contribution < -0.4 is 0 Å². The van der Waals surface area contributed by atoms with E-state index in [1.165, 1.54) is 4.31 Å². The molecule has 1 aromatic carbocycles. The lowest BCUT2D eigenvalue weighted by molar-refractivity contribution is 0.181. The summed E-state index contributed by atoms with van der Waals surface area (Å²) in [7, 11) is -1.84. The van der Waals surface area contributed by atoms with E-state index in [-0.39, 0.29) is 6.04 Å². The highest BCUT2D eigenvalue weighted by molar-refractivity contribution is 9.10. The van der Waals surface area contributed by atoms with Gasteiger partial charge >= 0.3 is 0 Å². The fourth-order valence-corrected chi connectivity index (χ4v) is 4.15. The number of halogens is 1. The summed E-state index contributed by atoms with van der Waals surface area (Å²) in [5.41, 5.74) is 0. The average molecular weight is 320 g/mol. The monoisotopic (exact) mass is 319 g/mol. The number of likely N-dealkylation sites (N-methyl/N-ethyl adjacent to an activating group) is 1. The molecule has 0 aliphatic carbocycles. The molecule has 1 saturated heterocycles. The van der Waals surface area contributed by atoms with Crippen molar-refractivity contribution in [2.75, 3.05) is 20.3 Å². The molecule has 1 unspecified atom stereocenters. The van der Waals surface area contributed by atoms with Gasteiger partial charge in [-0.05, 0) is 34.5 Å². The van der Waals surface area contributed by atoms with E-state index < -0.39 is 10.0 Å². The van der Waals surface area contributed by atoms with E-state index in [9.17, 15) is 8.42 Å². The normalized spacial score (nSPS) is 21.0. The van der Waals surface area contributed by atoms with Crippen LogP contribution in [0.3, 0.4) is 0 Å². The van der Waals surface area contributed by atoms with Crippen LogP contribution in [0, 0.1) is 0 Å². The SMILES string of the molecule is CN(C1CCOC1)S(=O)(=O)c1ccccc1Br. The van der Waals surface area contributed by atoms with E-state index in [1.54, 1.807) is 31.3 Å². The van der Waals surface area contributed by atoms with E-state index in [2.05, 4.69) is 15.9 Å². The van der Waals surface area contributed by atoms with Crippen LogP contribution in [0.2, 0.25) is 0 Å². The highest BCUT2D eigenvalue weighted by Gasteiger charge is 2.31. The molecule has 17 heavy (non-hydrogen) atoms. The van der Waals surface area contributed by atoms with E-state index in [1.807, 2.05) is 0 Å². The number of hydrogen-bond acceptors (Lipinski definition) is 3. The molecule has 6 heteroatoms. The highest BCUT2D eigenvalue weighted by Crippen LogP contribution is 2.26. The van der Waals surface area contributed by atoms with Gasteiger partial charge in [-0.25, -0.2) is 8.42 Å². The lowest BCUT2D eigenvalue weighted by atomic mass is 10.3. The molecule has 0 N–H and O–H groups in total. The van der Waals surface area contributed by atoms with Crippen LogP contribution in [0.1, 0.15) is 6.42 Å². The predicted molar refractivity (Wildman–Crippen MR) is 68.3 cm³/mol. The van der Waals surface area contributed by atoms with Crippen molar-refractivity contribution in [2.24, 2.45) is 0 Å². The second-order valence-electron chi connectivity index (χ2n) is 3.97. The van der Waals surface area contributed by atoms with Gasteiger partial charge in [0.2, 0.25) is 10.0 Å². The van der Waals surface area contributed by atoms with Gasteiger partial charge in [0, 0.05) is 18.1 Å². The van der Waals surface area contributed by atoms with Crippen LogP contribution in [-0.4, -0.2) is 39.0 Å². The van der Waals surface area contributed by atoms with Gasteiger partial charge in [-0.2, -0.15) is 4.31 Å².